The van der Waals surface area contributed by atoms with E-state index in [1.54, 1.807) is 11.8 Å². The van der Waals surface area contributed by atoms with Gasteiger partial charge in [0.2, 0.25) is 5.91 Å². The average molecular weight is 413 g/mol. The van der Waals surface area contributed by atoms with Crippen LogP contribution in [0.3, 0.4) is 0 Å². The van der Waals surface area contributed by atoms with Crippen LogP contribution in [-0.2, 0) is 19.4 Å². The summed E-state index contributed by atoms with van der Waals surface area (Å²) >= 11 is 1.63. The van der Waals surface area contributed by atoms with Crippen molar-refractivity contribution in [3.8, 4) is 0 Å². The third kappa shape index (κ3) is 4.21. The molecule has 0 bridgehead atoms. The Morgan fingerprint density at radius 3 is 2.74 bits per heavy atom. The summed E-state index contributed by atoms with van der Waals surface area (Å²) in [6, 6.07) is -0.182. The molecule has 8 nitrogen and oxygen atoms in total. The standard InChI is InChI=1S/C17H24N4O4S2/c22-15-7-6-13(20-21(15)11-8-9-27(24,25)10-11)16(23)19-17-18-12-4-2-1-3-5-14(12)26-17/h11-12,14H,1-10H2,(H,18,19,23)/t11-,12-,14-/m1/s1. The summed E-state index contributed by atoms with van der Waals surface area (Å²) in [5.41, 5.74) is 0.272. The number of nitrogens with zero attached hydrogens (tertiary/aromatic N) is 3. The second-order valence-electron chi connectivity index (χ2n) is 7.59. The van der Waals surface area contributed by atoms with Crippen molar-refractivity contribution in [1.29, 1.82) is 0 Å². The number of amides is 2. The number of amidine groups is 1. The first-order valence-corrected chi connectivity index (χ1v) is 12.3. The molecule has 1 N–H and O–H groups in total. The number of sulfone groups is 1. The molecule has 3 atom stereocenters. The van der Waals surface area contributed by atoms with Crippen LogP contribution in [0.25, 0.3) is 0 Å². The molecule has 10 heteroatoms. The Labute approximate surface area is 163 Å². The van der Waals surface area contributed by atoms with E-state index in [0.717, 1.165) is 12.8 Å². The van der Waals surface area contributed by atoms with Crippen molar-refractivity contribution in [2.24, 2.45) is 10.1 Å². The third-order valence-electron chi connectivity index (χ3n) is 5.56. The van der Waals surface area contributed by atoms with Crippen LogP contribution in [0.2, 0.25) is 0 Å². The quantitative estimate of drug-likeness (QED) is 0.730. The smallest absolute Gasteiger partial charge is 0.273 e. The zero-order valence-electron chi connectivity index (χ0n) is 15.1. The number of hydrogen-bond acceptors (Lipinski definition) is 7. The Kier molecular flexibility index (Phi) is 5.28. The van der Waals surface area contributed by atoms with E-state index in [1.807, 2.05) is 0 Å². The van der Waals surface area contributed by atoms with E-state index >= 15 is 0 Å². The van der Waals surface area contributed by atoms with Crippen molar-refractivity contribution < 1.29 is 18.0 Å². The van der Waals surface area contributed by atoms with E-state index in [1.165, 1.54) is 24.3 Å². The predicted octanol–water partition coefficient (Wildman–Crippen LogP) is 1.07. The van der Waals surface area contributed by atoms with Gasteiger partial charge in [-0.2, -0.15) is 5.10 Å². The number of aliphatic imine (C=N–C) groups is 1. The number of rotatable bonds is 2. The maximum Gasteiger partial charge on any atom is 0.273 e. The third-order valence-corrected chi connectivity index (χ3v) is 8.59. The molecular formula is C17H24N4O4S2. The Hall–Kier alpha value is -1.42. The molecule has 0 aromatic heterocycles. The van der Waals surface area contributed by atoms with Crippen molar-refractivity contribution in [2.45, 2.75) is 68.7 Å². The van der Waals surface area contributed by atoms with Crippen LogP contribution in [0.5, 0.6) is 0 Å². The molecule has 27 heavy (non-hydrogen) atoms. The van der Waals surface area contributed by atoms with Crippen molar-refractivity contribution in [3.63, 3.8) is 0 Å². The fourth-order valence-electron chi connectivity index (χ4n) is 4.08. The lowest BCUT2D eigenvalue weighted by atomic mass is 10.1. The van der Waals surface area contributed by atoms with E-state index in [2.05, 4.69) is 15.4 Å². The lowest BCUT2D eigenvalue weighted by Gasteiger charge is -2.27. The van der Waals surface area contributed by atoms with Crippen molar-refractivity contribution in [1.82, 2.24) is 10.3 Å². The fourth-order valence-corrected chi connectivity index (χ4v) is 7.05. The van der Waals surface area contributed by atoms with Crippen LogP contribution in [0.15, 0.2) is 10.1 Å². The first kappa shape index (κ1) is 18.9. The highest BCUT2D eigenvalue weighted by Crippen LogP contribution is 2.35. The van der Waals surface area contributed by atoms with Crippen molar-refractivity contribution >= 4 is 44.3 Å². The summed E-state index contributed by atoms with van der Waals surface area (Å²) in [4.78, 5) is 29.5. The molecular weight excluding hydrogens is 388 g/mol. The maximum absolute atomic E-state index is 12.6. The minimum atomic E-state index is -3.13. The number of hydrazone groups is 1. The Morgan fingerprint density at radius 2 is 1.96 bits per heavy atom. The topological polar surface area (TPSA) is 108 Å². The van der Waals surface area contributed by atoms with Crippen LogP contribution in [0.1, 0.15) is 51.4 Å². The van der Waals surface area contributed by atoms with Crippen molar-refractivity contribution in [2.75, 3.05) is 11.5 Å². The van der Waals surface area contributed by atoms with Gasteiger partial charge in [0, 0.05) is 18.1 Å². The lowest BCUT2D eigenvalue weighted by molar-refractivity contribution is -0.133. The van der Waals surface area contributed by atoms with Gasteiger partial charge in [-0.1, -0.05) is 31.0 Å². The highest BCUT2D eigenvalue weighted by atomic mass is 32.2. The van der Waals surface area contributed by atoms with Crippen molar-refractivity contribution in [3.05, 3.63) is 0 Å². The molecule has 0 aromatic carbocycles. The van der Waals surface area contributed by atoms with E-state index in [9.17, 15) is 18.0 Å². The summed E-state index contributed by atoms with van der Waals surface area (Å²) in [5, 5.41) is 9.38. The van der Waals surface area contributed by atoms with Gasteiger partial charge < -0.3 is 5.32 Å². The Balaban J connectivity index is 1.43. The number of hydrogen-bond donors (Lipinski definition) is 1. The van der Waals surface area contributed by atoms with E-state index < -0.39 is 15.9 Å². The van der Waals surface area contributed by atoms with Crippen LogP contribution >= 0.6 is 11.8 Å². The van der Waals surface area contributed by atoms with E-state index in [-0.39, 0.29) is 47.9 Å². The second-order valence-corrected chi connectivity index (χ2v) is 11.0. The maximum atomic E-state index is 12.6. The van der Waals surface area contributed by atoms with Gasteiger partial charge in [-0.3, -0.25) is 14.6 Å². The van der Waals surface area contributed by atoms with Gasteiger partial charge in [-0.05, 0) is 19.3 Å². The van der Waals surface area contributed by atoms with Gasteiger partial charge in [0.25, 0.3) is 5.91 Å². The number of thioether (sulfide) groups is 1. The molecule has 4 rings (SSSR count). The number of fused-ring (bicyclic) bond motifs is 1. The number of carbonyl (C=O) groups is 2. The molecule has 2 amide bonds. The van der Waals surface area contributed by atoms with Gasteiger partial charge in [0.05, 0.1) is 23.6 Å². The van der Waals surface area contributed by atoms with E-state index in [4.69, 9.17) is 0 Å². The molecule has 4 aliphatic rings. The molecule has 0 spiro atoms. The SMILES string of the molecule is O=C(NC1=N[C@@H]2CCCCC[C@H]2S1)C1=NN([C@@H]2CCS(=O)(=O)C2)C(=O)CC1. The average Bonchev–Trinajstić information content (AvgIpc) is 3.10. The number of carbonyl (C=O) groups excluding carboxylic acids is 2. The number of nitrogens with one attached hydrogen (secondary N) is 1. The van der Waals surface area contributed by atoms with Crippen LogP contribution in [0, 0.1) is 0 Å². The summed E-state index contributed by atoms with van der Waals surface area (Å²) < 4.78 is 23.4. The zero-order chi connectivity index (χ0) is 19.0. The molecule has 3 heterocycles. The second kappa shape index (κ2) is 7.54. The molecule has 1 saturated heterocycles. The summed E-state index contributed by atoms with van der Waals surface area (Å²) in [5.74, 6) is -0.572. The van der Waals surface area contributed by atoms with Gasteiger partial charge in [-0.15, -0.1) is 0 Å². The van der Waals surface area contributed by atoms with Gasteiger partial charge in [0.15, 0.2) is 15.0 Å². The lowest BCUT2D eigenvalue weighted by Crippen LogP contribution is -2.44. The molecule has 0 aromatic rings. The minimum Gasteiger partial charge on any atom is -0.300 e. The summed E-state index contributed by atoms with van der Waals surface area (Å²) in [7, 11) is -3.13. The molecule has 148 valence electrons. The molecule has 3 aliphatic heterocycles. The van der Waals surface area contributed by atoms with Gasteiger partial charge in [0.1, 0.15) is 5.71 Å². The molecule has 2 fully saturated rings. The zero-order valence-corrected chi connectivity index (χ0v) is 16.7. The fraction of sp³-hybridized carbons (Fsp3) is 0.765. The molecule has 0 unspecified atom stereocenters. The van der Waals surface area contributed by atoms with Crippen LogP contribution < -0.4 is 5.32 Å². The van der Waals surface area contributed by atoms with Crippen LogP contribution in [0.4, 0.5) is 0 Å². The molecule has 0 radical (unpaired) electrons. The Morgan fingerprint density at radius 1 is 1.15 bits per heavy atom. The minimum absolute atomic E-state index is 0.0642. The summed E-state index contributed by atoms with van der Waals surface area (Å²) in [6.07, 6.45) is 6.65. The first-order chi connectivity index (χ1) is 12.9. The van der Waals surface area contributed by atoms with E-state index in [0.29, 0.717) is 16.8 Å². The first-order valence-electron chi connectivity index (χ1n) is 9.57. The van der Waals surface area contributed by atoms with Gasteiger partial charge in [-0.25, -0.2) is 13.4 Å². The largest absolute Gasteiger partial charge is 0.300 e. The predicted molar refractivity (Wildman–Crippen MR) is 104 cm³/mol. The summed E-state index contributed by atoms with van der Waals surface area (Å²) in [6.45, 7) is 0. The molecule has 1 aliphatic carbocycles. The normalized spacial score (nSPS) is 33.1. The Bertz CT molecular complexity index is 808. The van der Waals surface area contributed by atoms with Gasteiger partial charge >= 0.3 is 0 Å². The highest BCUT2D eigenvalue weighted by molar-refractivity contribution is 8.14. The monoisotopic (exact) mass is 412 g/mol. The van der Waals surface area contributed by atoms with Crippen LogP contribution in [-0.4, -0.2) is 65.0 Å². The molecule has 1 saturated carbocycles. The highest BCUT2D eigenvalue weighted by Gasteiger charge is 2.38.